The quantitative estimate of drug-likeness (QED) is 0.462. The van der Waals surface area contributed by atoms with E-state index in [2.05, 4.69) is 34.3 Å². The minimum atomic E-state index is -0.0134. The first-order valence-electron chi connectivity index (χ1n) is 11.8. The molecule has 3 heterocycles. The molecule has 1 fully saturated rings. The van der Waals surface area contributed by atoms with Gasteiger partial charge in [-0.2, -0.15) is 11.8 Å². The summed E-state index contributed by atoms with van der Waals surface area (Å²) < 4.78 is 0. The molecule has 2 N–H and O–H groups in total. The number of hydrogen-bond donors (Lipinski definition) is 2. The van der Waals surface area contributed by atoms with Crippen molar-refractivity contribution in [1.29, 1.82) is 0 Å². The van der Waals surface area contributed by atoms with Crippen LogP contribution in [0.2, 0.25) is 0 Å². The Balaban J connectivity index is 1.13. The second-order valence-corrected chi connectivity index (χ2v) is 11.1. The summed E-state index contributed by atoms with van der Waals surface area (Å²) in [6.45, 7) is 4.34. The molecular weight excluding hydrogens is 452 g/mol. The van der Waals surface area contributed by atoms with Gasteiger partial charge in [-0.3, -0.25) is 9.59 Å². The molecule has 2 aliphatic rings. The molecule has 0 radical (unpaired) electrons. The first-order valence-corrected chi connectivity index (χ1v) is 13.8. The number of aromatic amines is 1. The van der Waals surface area contributed by atoms with Crippen LogP contribution in [-0.4, -0.2) is 34.7 Å². The van der Waals surface area contributed by atoms with E-state index in [4.69, 9.17) is 4.98 Å². The molecule has 0 bridgehead atoms. The van der Waals surface area contributed by atoms with Crippen molar-refractivity contribution < 1.29 is 4.79 Å². The van der Waals surface area contributed by atoms with Gasteiger partial charge in [-0.05, 0) is 74.8 Å². The second-order valence-electron chi connectivity index (χ2n) is 8.95. The van der Waals surface area contributed by atoms with Crippen LogP contribution in [0.5, 0.6) is 0 Å². The van der Waals surface area contributed by atoms with Crippen LogP contribution in [0.15, 0.2) is 23.0 Å². The molecule has 33 heavy (non-hydrogen) atoms. The number of nitrogens with zero attached hydrogens (tertiary/aromatic N) is 2. The lowest BCUT2D eigenvalue weighted by Crippen LogP contribution is -2.19. The van der Waals surface area contributed by atoms with Gasteiger partial charge in [0.1, 0.15) is 10.7 Å². The van der Waals surface area contributed by atoms with Crippen molar-refractivity contribution >= 4 is 50.6 Å². The molecule has 1 aromatic carbocycles. The number of nitrogens with one attached hydrogen (secondary N) is 2. The molecule has 5 rings (SSSR count). The zero-order valence-electron chi connectivity index (χ0n) is 19.0. The van der Waals surface area contributed by atoms with E-state index in [1.54, 1.807) is 23.1 Å². The van der Waals surface area contributed by atoms with Crippen LogP contribution >= 0.6 is 23.1 Å². The van der Waals surface area contributed by atoms with Crippen molar-refractivity contribution in [3.8, 4) is 0 Å². The van der Waals surface area contributed by atoms with Crippen molar-refractivity contribution in [2.24, 2.45) is 0 Å². The lowest BCUT2D eigenvalue weighted by atomic mass is 9.97. The summed E-state index contributed by atoms with van der Waals surface area (Å²) in [5, 5.41) is 3.82. The molecule has 174 valence electrons. The van der Waals surface area contributed by atoms with Crippen LogP contribution in [-0.2, 0) is 23.4 Å². The van der Waals surface area contributed by atoms with Crippen LogP contribution in [0.4, 0.5) is 11.4 Å². The van der Waals surface area contributed by atoms with Gasteiger partial charge in [0, 0.05) is 41.5 Å². The number of carbonyl (C=O) groups excluding carboxylic acids is 1. The van der Waals surface area contributed by atoms with Crippen molar-refractivity contribution in [2.45, 2.75) is 57.6 Å². The van der Waals surface area contributed by atoms with Crippen LogP contribution in [0.3, 0.4) is 0 Å². The monoisotopic (exact) mass is 482 g/mol. The Morgan fingerprint density at radius 3 is 2.85 bits per heavy atom. The minimum Gasteiger partial charge on any atom is -0.371 e. The molecule has 0 saturated carbocycles. The maximum absolute atomic E-state index is 12.6. The van der Waals surface area contributed by atoms with Gasteiger partial charge in [-0.1, -0.05) is 0 Å². The zero-order chi connectivity index (χ0) is 22.8. The van der Waals surface area contributed by atoms with Crippen molar-refractivity contribution in [1.82, 2.24) is 9.97 Å². The molecule has 0 unspecified atom stereocenters. The topological polar surface area (TPSA) is 78.1 Å². The van der Waals surface area contributed by atoms with E-state index in [1.165, 1.54) is 41.0 Å². The fourth-order valence-corrected chi connectivity index (χ4v) is 6.97. The minimum absolute atomic E-state index is 0.0126. The van der Waals surface area contributed by atoms with Crippen LogP contribution < -0.4 is 15.8 Å². The third kappa shape index (κ3) is 4.96. The summed E-state index contributed by atoms with van der Waals surface area (Å²) >= 11 is 3.30. The Kier molecular flexibility index (Phi) is 6.74. The van der Waals surface area contributed by atoms with Gasteiger partial charge in [-0.15, -0.1) is 11.3 Å². The zero-order valence-corrected chi connectivity index (χ0v) is 20.7. The molecular formula is C25H30N4O2S2. The first kappa shape index (κ1) is 22.5. The molecule has 1 amide bonds. The van der Waals surface area contributed by atoms with Crippen LogP contribution in [0, 0.1) is 6.92 Å². The molecule has 1 aliphatic heterocycles. The van der Waals surface area contributed by atoms with Gasteiger partial charge < -0.3 is 15.2 Å². The molecule has 0 spiro atoms. The third-order valence-corrected chi connectivity index (χ3v) is 8.67. The van der Waals surface area contributed by atoms with Crippen LogP contribution in [0.25, 0.3) is 10.2 Å². The second kappa shape index (κ2) is 9.89. The highest BCUT2D eigenvalue weighted by Crippen LogP contribution is 2.33. The number of fused-ring (bicyclic) bond motifs is 3. The van der Waals surface area contributed by atoms with E-state index in [0.29, 0.717) is 23.8 Å². The van der Waals surface area contributed by atoms with Gasteiger partial charge in [-0.25, -0.2) is 4.98 Å². The van der Waals surface area contributed by atoms with E-state index in [1.807, 2.05) is 6.07 Å². The number of aromatic nitrogens is 2. The highest BCUT2D eigenvalue weighted by atomic mass is 32.2. The van der Waals surface area contributed by atoms with Gasteiger partial charge in [0.25, 0.3) is 5.56 Å². The van der Waals surface area contributed by atoms with Gasteiger partial charge >= 0.3 is 0 Å². The Hall–Kier alpha value is -2.32. The lowest BCUT2D eigenvalue weighted by Gasteiger charge is -2.20. The van der Waals surface area contributed by atoms with Gasteiger partial charge in [0.05, 0.1) is 11.1 Å². The summed E-state index contributed by atoms with van der Waals surface area (Å²) in [6, 6.07) is 6.17. The Morgan fingerprint density at radius 2 is 2.03 bits per heavy atom. The summed E-state index contributed by atoms with van der Waals surface area (Å²) in [7, 11) is 0. The predicted octanol–water partition coefficient (Wildman–Crippen LogP) is 5.03. The molecule has 6 nitrogen and oxygen atoms in total. The van der Waals surface area contributed by atoms with E-state index < -0.39 is 0 Å². The number of anilines is 2. The fourth-order valence-electron chi connectivity index (χ4n) is 4.88. The fraction of sp³-hybridized carbons (Fsp3) is 0.480. The SMILES string of the molecule is Cc1cc(NC(=O)CCSCc2nc3sc4c(c3c(=O)[nH]2)CCCC4)ccc1N1CCCC1. The predicted molar refractivity (Wildman–Crippen MR) is 139 cm³/mol. The normalized spacial score (nSPS) is 15.7. The van der Waals surface area contributed by atoms with Crippen molar-refractivity contribution in [3.05, 3.63) is 50.4 Å². The number of aryl methyl sites for hydroxylation is 3. The van der Waals surface area contributed by atoms with E-state index in [0.717, 1.165) is 48.3 Å². The summed E-state index contributed by atoms with van der Waals surface area (Å²) in [5.41, 5.74) is 4.52. The average molecular weight is 483 g/mol. The number of amides is 1. The van der Waals surface area contributed by atoms with E-state index in [9.17, 15) is 9.59 Å². The van der Waals surface area contributed by atoms with E-state index in [-0.39, 0.29) is 11.5 Å². The third-order valence-electron chi connectivity index (χ3n) is 6.51. The number of thiophene rings is 1. The maximum atomic E-state index is 12.6. The number of hydrogen-bond acceptors (Lipinski definition) is 6. The number of rotatable bonds is 7. The lowest BCUT2D eigenvalue weighted by molar-refractivity contribution is -0.115. The van der Waals surface area contributed by atoms with Gasteiger partial charge in [0.2, 0.25) is 5.91 Å². The summed E-state index contributed by atoms with van der Waals surface area (Å²) in [5.74, 6) is 1.99. The van der Waals surface area contributed by atoms with Crippen molar-refractivity contribution in [2.75, 3.05) is 29.1 Å². The molecule has 1 saturated heterocycles. The Morgan fingerprint density at radius 1 is 1.21 bits per heavy atom. The number of thioether (sulfide) groups is 1. The number of H-pyrrole nitrogens is 1. The molecule has 3 aromatic rings. The van der Waals surface area contributed by atoms with Crippen molar-refractivity contribution in [3.63, 3.8) is 0 Å². The standard InChI is InChI=1S/C25H30N4O2S2/c1-16-14-17(8-9-19(16)29-11-4-5-12-29)26-22(30)10-13-32-15-21-27-24(31)23-18-6-2-3-7-20(18)33-25(23)28-21/h8-9,14H,2-7,10-13,15H2,1H3,(H,26,30)(H,27,28,31). The highest BCUT2D eigenvalue weighted by Gasteiger charge is 2.20. The Bertz CT molecular complexity index is 1230. The highest BCUT2D eigenvalue weighted by molar-refractivity contribution is 7.98. The van der Waals surface area contributed by atoms with Crippen LogP contribution in [0.1, 0.15) is 53.9 Å². The molecule has 0 atom stereocenters. The number of carbonyl (C=O) groups is 1. The maximum Gasteiger partial charge on any atom is 0.259 e. The summed E-state index contributed by atoms with van der Waals surface area (Å²) in [6.07, 6.45) is 7.34. The number of benzene rings is 1. The first-order chi connectivity index (χ1) is 16.1. The smallest absolute Gasteiger partial charge is 0.259 e. The average Bonchev–Trinajstić information content (AvgIpc) is 3.45. The molecule has 2 aromatic heterocycles. The largest absolute Gasteiger partial charge is 0.371 e. The van der Waals surface area contributed by atoms with E-state index >= 15 is 0 Å². The summed E-state index contributed by atoms with van der Waals surface area (Å²) in [4.78, 5) is 37.4. The Labute approximate surface area is 202 Å². The molecule has 1 aliphatic carbocycles. The molecule has 8 heteroatoms. The van der Waals surface area contributed by atoms with Gasteiger partial charge in [0.15, 0.2) is 0 Å².